The highest BCUT2D eigenvalue weighted by Gasteiger charge is 2.13. The number of anilines is 2. The molecule has 2 heterocycles. The molecule has 8 rings (SSSR count). The number of carbonyl (C=O) groups is 1. The van der Waals surface area contributed by atoms with Crippen LogP contribution in [0.25, 0.3) is 35.1 Å². The highest BCUT2D eigenvalue weighted by atomic mass is 16.7. The Bertz CT molecular complexity index is 2210. The normalized spacial score (nSPS) is 12.6. The van der Waals surface area contributed by atoms with Crippen molar-refractivity contribution in [3.05, 3.63) is 149 Å². The van der Waals surface area contributed by atoms with Gasteiger partial charge in [0.15, 0.2) is 23.0 Å². The molecular formula is C42H34N2O6. The summed E-state index contributed by atoms with van der Waals surface area (Å²) in [5.41, 5.74) is 12.0. The van der Waals surface area contributed by atoms with Crippen molar-refractivity contribution < 1.29 is 28.5 Å². The standard InChI is InChI=1S/C27H21NO4.C15H13NO2/c1-30-24-12-9-20-15-22(8-7-21(20)16-24)27(29)28-23-10-4-18(5-11-23)2-3-19-6-13-25-26(14-19)32-17-31-25;16-13-6-3-11(4-7-13)1-2-12-5-8-14-15(9-12)18-10-17-14/h2-16H,17H2,1H3,(H,28,29);1-9H,10,16H2/b3-2+;2-1+. The number of amides is 1. The Hall–Kier alpha value is -6.67. The lowest BCUT2D eigenvalue weighted by Gasteiger charge is -2.08. The number of nitrogens with two attached hydrogens (primary N) is 1. The average Bonchev–Trinajstić information content (AvgIpc) is 3.83. The number of carbonyl (C=O) groups excluding carboxylic acids is 1. The molecule has 8 nitrogen and oxygen atoms in total. The van der Waals surface area contributed by atoms with Crippen molar-refractivity contribution >= 4 is 52.4 Å². The average molecular weight is 663 g/mol. The molecule has 8 heteroatoms. The third kappa shape index (κ3) is 7.72. The molecule has 6 aromatic carbocycles. The van der Waals surface area contributed by atoms with Gasteiger partial charge in [0.25, 0.3) is 5.91 Å². The molecule has 6 aromatic rings. The Morgan fingerprint density at radius 3 is 1.68 bits per heavy atom. The van der Waals surface area contributed by atoms with E-state index in [1.807, 2.05) is 146 Å². The number of ether oxygens (including phenoxy) is 5. The lowest BCUT2D eigenvalue weighted by molar-refractivity contribution is 0.102. The zero-order valence-corrected chi connectivity index (χ0v) is 27.3. The minimum Gasteiger partial charge on any atom is -0.497 e. The van der Waals surface area contributed by atoms with Gasteiger partial charge in [-0.05, 0) is 106 Å². The van der Waals surface area contributed by atoms with E-state index in [2.05, 4.69) is 5.32 Å². The molecule has 0 aromatic heterocycles. The lowest BCUT2D eigenvalue weighted by atomic mass is 10.1. The minimum atomic E-state index is -0.147. The zero-order valence-electron chi connectivity index (χ0n) is 27.3. The highest BCUT2D eigenvalue weighted by Crippen LogP contribution is 2.34. The second-order valence-electron chi connectivity index (χ2n) is 11.6. The van der Waals surface area contributed by atoms with E-state index >= 15 is 0 Å². The Labute approximate surface area is 289 Å². The second-order valence-corrected chi connectivity index (χ2v) is 11.6. The van der Waals surface area contributed by atoms with Gasteiger partial charge in [-0.15, -0.1) is 0 Å². The van der Waals surface area contributed by atoms with E-state index in [9.17, 15) is 4.79 Å². The van der Waals surface area contributed by atoms with Crippen LogP contribution in [-0.2, 0) is 0 Å². The van der Waals surface area contributed by atoms with Gasteiger partial charge in [0.1, 0.15) is 5.75 Å². The largest absolute Gasteiger partial charge is 0.497 e. The molecule has 0 bridgehead atoms. The van der Waals surface area contributed by atoms with Crippen LogP contribution in [0.1, 0.15) is 32.6 Å². The Morgan fingerprint density at radius 1 is 0.580 bits per heavy atom. The third-order valence-electron chi connectivity index (χ3n) is 8.14. The first-order chi connectivity index (χ1) is 24.5. The number of hydrogen-bond acceptors (Lipinski definition) is 7. The van der Waals surface area contributed by atoms with E-state index in [1.165, 1.54) is 0 Å². The summed E-state index contributed by atoms with van der Waals surface area (Å²) >= 11 is 0. The molecule has 0 fully saturated rings. The molecule has 0 spiro atoms. The first-order valence-electron chi connectivity index (χ1n) is 16.0. The van der Waals surface area contributed by atoms with E-state index in [0.717, 1.165) is 73.1 Å². The molecule has 0 radical (unpaired) electrons. The summed E-state index contributed by atoms with van der Waals surface area (Å²) < 4.78 is 26.6. The maximum atomic E-state index is 12.7. The molecule has 2 aliphatic heterocycles. The number of nitrogens with one attached hydrogen (secondary N) is 1. The van der Waals surface area contributed by atoms with Crippen molar-refractivity contribution in [1.82, 2.24) is 0 Å². The fraction of sp³-hybridized carbons (Fsp3) is 0.0714. The summed E-state index contributed by atoms with van der Waals surface area (Å²) in [6, 6.07) is 38.6. The van der Waals surface area contributed by atoms with Crippen molar-refractivity contribution in [3.8, 4) is 28.7 Å². The van der Waals surface area contributed by atoms with E-state index in [1.54, 1.807) is 7.11 Å². The quantitative estimate of drug-likeness (QED) is 0.130. The number of methoxy groups -OCH3 is 1. The molecular weight excluding hydrogens is 628 g/mol. The molecule has 3 N–H and O–H groups in total. The van der Waals surface area contributed by atoms with Crippen LogP contribution >= 0.6 is 0 Å². The van der Waals surface area contributed by atoms with Gasteiger partial charge in [0.05, 0.1) is 7.11 Å². The first kappa shape index (κ1) is 31.9. The van der Waals surface area contributed by atoms with Crippen LogP contribution in [0, 0.1) is 0 Å². The van der Waals surface area contributed by atoms with Gasteiger partial charge in [-0.1, -0.05) is 72.8 Å². The number of hydrogen-bond donors (Lipinski definition) is 2. The second kappa shape index (κ2) is 14.6. The number of nitrogen functional groups attached to an aromatic ring is 1. The Balaban J connectivity index is 0.000000184. The van der Waals surface area contributed by atoms with Crippen LogP contribution in [-0.4, -0.2) is 26.6 Å². The first-order valence-corrected chi connectivity index (χ1v) is 16.0. The third-order valence-corrected chi connectivity index (χ3v) is 8.14. The van der Waals surface area contributed by atoms with Crippen LogP contribution in [0.15, 0.2) is 121 Å². The monoisotopic (exact) mass is 662 g/mol. The molecule has 0 aliphatic carbocycles. The molecule has 0 saturated carbocycles. The summed E-state index contributed by atoms with van der Waals surface area (Å²) in [7, 11) is 1.64. The SMILES string of the molecule is COc1ccc2cc(C(=O)Nc3ccc(/C=C/c4ccc5c(c4)OCO5)cc3)ccc2c1.Nc1ccc(/C=C/c2ccc3c(c2)OCO3)cc1. The van der Waals surface area contributed by atoms with Crippen LogP contribution in [0.2, 0.25) is 0 Å². The van der Waals surface area contributed by atoms with Gasteiger partial charge in [0, 0.05) is 16.9 Å². The van der Waals surface area contributed by atoms with E-state index < -0.39 is 0 Å². The summed E-state index contributed by atoms with van der Waals surface area (Å²) in [6.45, 7) is 0.574. The molecule has 248 valence electrons. The van der Waals surface area contributed by atoms with Crippen LogP contribution < -0.4 is 34.7 Å². The number of benzene rings is 6. The molecule has 1 amide bonds. The predicted molar refractivity (Wildman–Crippen MR) is 199 cm³/mol. The van der Waals surface area contributed by atoms with E-state index in [4.69, 9.17) is 29.4 Å². The molecule has 0 saturated heterocycles. The van der Waals surface area contributed by atoms with E-state index in [0.29, 0.717) is 12.4 Å². The van der Waals surface area contributed by atoms with Crippen LogP contribution in [0.5, 0.6) is 28.7 Å². The van der Waals surface area contributed by atoms with Gasteiger partial charge >= 0.3 is 0 Å². The number of rotatable bonds is 7. The fourth-order valence-corrected chi connectivity index (χ4v) is 5.40. The zero-order chi connectivity index (χ0) is 34.3. The fourth-order valence-electron chi connectivity index (χ4n) is 5.40. The minimum absolute atomic E-state index is 0.147. The van der Waals surface area contributed by atoms with Gasteiger partial charge in [-0.3, -0.25) is 4.79 Å². The Morgan fingerprint density at radius 2 is 1.08 bits per heavy atom. The molecule has 2 aliphatic rings. The lowest BCUT2D eigenvalue weighted by Crippen LogP contribution is -2.11. The smallest absolute Gasteiger partial charge is 0.255 e. The van der Waals surface area contributed by atoms with Crippen molar-refractivity contribution in [2.24, 2.45) is 0 Å². The van der Waals surface area contributed by atoms with Gasteiger partial charge in [0.2, 0.25) is 13.6 Å². The summed E-state index contributed by atoms with van der Waals surface area (Å²) in [6.07, 6.45) is 8.10. The maximum Gasteiger partial charge on any atom is 0.255 e. The predicted octanol–water partition coefficient (Wildman–Crippen LogP) is 9.17. The van der Waals surface area contributed by atoms with Crippen molar-refractivity contribution in [3.63, 3.8) is 0 Å². The summed E-state index contributed by atoms with van der Waals surface area (Å²) in [5.74, 6) is 3.79. The number of fused-ring (bicyclic) bond motifs is 3. The highest BCUT2D eigenvalue weighted by molar-refractivity contribution is 6.06. The van der Waals surface area contributed by atoms with E-state index in [-0.39, 0.29) is 12.7 Å². The summed E-state index contributed by atoms with van der Waals surface area (Å²) in [4.78, 5) is 12.7. The van der Waals surface area contributed by atoms with Crippen molar-refractivity contribution in [2.75, 3.05) is 31.7 Å². The van der Waals surface area contributed by atoms with Gasteiger partial charge in [-0.2, -0.15) is 0 Å². The Kier molecular flexibility index (Phi) is 9.33. The molecule has 0 atom stereocenters. The topological polar surface area (TPSA) is 101 Å². The van der Waals surface area contributed by atoms with Gasteiger partial charge < -0.3 is 34.7 Å². The van der Waals surface area contributed by atoms with Crippen molar-refractivity contribution in [1.29, 1.82) is 0 Å². The van der Waals surface area contributed by atoms with Crippen LogP contribution in [0.4, 0.5) is 11.4 Å². The van der Waals surface area contributed by atoms with Gasteiger partial charge in [-0.25, -0.2) is 0 Å². The maximum absolute atomic E-state index is 12.7. The molecule has 0 unspecified atom stereocenters. The van der Waals surface area contributed by atoms with Crippen molar-refractivity contribution in [2.45, 2.75) is 0 Å². The van der Waals surface area contributed by atoms with Crippen LogP contribution in [0.3, 0.4) is 0 Å². The summed E-state index contributed by atoms with van der Waals surface area (Å²) in [5, 5.41) is 4.97. The molecule has 50 heavy (non-hydrogen) atoms.